The Balaban J connectivity index is 1.97. The fourth-order valence-corrected chi connectivity index (χ4v) is 3.63. The second-order valence-corrected chi connectivity index (χ2v) is 6.65. The molecule has 1 atom stereocenters. The Hall–Kier alpha value is -1.87. The highest BCUT2D eigenvalue weighted by Gasteiger charge is 2.28. The Bertz CT molecular complexity index is 624. The second kappa shape index (κ2) is 7.14. The number of rotatable bonds is 4. The number of likely N-dealkylation sites (tertiary alicyclic amines) is 1. The summed E-state index contributed by atoms with van der Waals surface area (Å²) in [5.74, 6) is 1.08. The highest BCUT2D eigenvalue weighted by atomic mass is 15.2. The largest absolute Gasteiger partial charge is 0.329 e. The maximum absolute atomic E-state index is 4.72. The van der Waals surface area contributed by atoms with E-state index in [4.69, 9.17) is 4.98 Å². The van der Waals surface area contributed by atoms with Gasteiger partial charge in [0, 0.05) is 36.6 Å². The summed E-state index contributed by atoms with van der Waals surface area (Å²) in [5.41, 5.74) is 2.53. The topological polar surface area (TPSA) is 19.4 Å². The normalized spacial score (nSPS) is 19.0. The predicted molar refractivity (Wildman–Crippen MR) is 97.2 cm³/mol. The van der Waals surface area contributed by atoms with Crippen LogP contribution >= 0.6 is 0 Å². The summed E-state index contributed by atoms with van der Waals surface area (Å²) in [7, 11) is 2.11. The van der Waals surface area contributed by atoms with E-state index in [-0.39, 0.29) is 0 Å². The van der Waals surface area contributed by atoms with Gasteiger partial charge in [-0.05, 0) is 51.4 Å². The van der Waals surface area contributed by atoms with E-state index in [9.17, 15) is 0 Å². The molecule has 1 aliphatic heterocycles. The molecule has 1 aliphatic rings. The van der Waals surface area contributed by atoms with Crippen molar-refractivity contribution in [3.05, 3.63) is 54.2 Å². The molecule has 23 heavy (non-hydrogen) atoms. The van der Waals surface area contributed by atoms with Gasteiger partial charge in [0.05, 0.1) is 0 Å². The first-order valence-corrected chi connectivity index (χ1v) is 8.68. The molecule has 0 unspecified atom stereocenters. The summed E-state index contributed by atoms with van der Waals surface area (Å²) in [6.07, 6.45) is 5.73. The molecule has 2 aromatic rings. The smallest absolute Gasteiger partial charge is 0.137 e. The molecule has 0 spiro atoms. The van der Waals surface area contributed by atoms with Crippen molar-refractivity contribution in [2.45, 2.75) is 45.2 Å². The lowest BCUT2D eigenvalue weighted by molar-refractivity contribution is 0.112. The van der Waals surface area contributed by atoms with Crippen LogP contribution < -0.4 is 4.90 Å². The third-order valence-corrected chi connectivity index (χ3v) is 4.84. The van der Waals surface area contributed by atoms with E-state index in [1.807, 2.05) is 6.20 Å². The maximum atomic E-state index is 4.72. The molecule has 122 valence electrons. The molecule has 0 saturated carbocycles. The van der Waals surface area contributed by atoms with Gasteiger partial charge in [0.25, 0.3) is 0 Å². The lowest BCUT2D eigenvalue weighted by Crippen LogP contribution is -2.39. The van der Waals surface area contributed by atoms with Crippen molar-refractivity contribution in [2.24, 2.45) is 0 Å². The summed E-state index contributed by atoms with van der Waals surface area (Å²) >= 11 is 0. The molecular weight excluding hydrogens is 282 g/mol. The minimum Gasteiger partial charge on any atom is -0.329 e. The summed E-state index contributed by atoms with van der Waals surface area (Å²) in [6, 6.07) is 15.9. The summed E-state index contributed by atoms with van der Waals surface area (Å²) in [6.45, 7) is 5.79. The van der Waals surface area contributed by atoms with Gasteiger partial charge in [-0.3, -0.25) is 4.90 Å². The molecule has 1 fully saturated rings. The Kier molecular flexibility index (Phi) is 4.97. The number of hydrogen-bond donors (Lipinski definition) is 0. The van der Waals surface area contributed by atoms with Crippen LogP contribution in [0.15, 0.2) is 48.7 Å². The van der Waals surface area contributed by atoms with Crippen molar-refractivity contribution >= 4 is 11.5 Å². The molecule has 2 heterocycles. The van der Waals surface area contributed by atoms with Crippen LogP contribution in [0.5, 0.6) is 0 Å². The molecule has 0 aliphatic carbocycles. The number of piperidine rings is 1. The van der Waals surface area contributed by atoms with Crippen LogP contribution in [-0.2, 0) is 0 Å². The first kappa shape index (κ1) is 16.0. The fourth-order valence-electron chi connectivity index (χ4n) is 3.63. The third-order valence-electron chi connectivity index (χ3n) is 4.84. The van der Waals surface area contributed by atoms with E-state index in [2.05, 4.69) is 73.2 Å². The molecule has 1 aromatic carbocycles. The van der Waals surface area contributed by atoms with Crippen LogP contribution in [0, 0.1) is 0 Å². The molecule has 3 nitrogen and oxygen atoms in total. The van der Waals surface area contributed by atoms with E-state index in [1.54, 1.807) is 0 Å². The Morgan fingerprint density at radius 2 is 1.87 bits per heavy atom. The highest BCUT2D eigenvalue weighted by Crippen LogP contribution is 2.37. The van der Waals surface area contributed by atoms with Gasteiger partial charge in [-0.1, -0.05) is 30.7 Å². The molecule has 0 bridgehead atoms. The average molecular weight is 309 g/mol. The van der Waals surface area contributed by atoms with Gasteiger partial charge in [0.2, 0.25) is 0 Å². The monoisotopic (exact) mass is 309 g/mol. The first-order chi connectivity index (χ1) is 11.2. The summed E-state index contributed by atoms with van der Waals surface area (Å²) in [4.78, 5) is 9.56. The molecule has 3 heteroatoms. The van der Waals surface area contributed by atoms with Gasteiger partial charge in [-0.25, -0.2) is 4.98 Å². The number of pyridine rings is 1. The van der Waals surface area contributed by atoms with E-state index >= 15 is 0 Å². The van der Waals surface area contributed by atoms with Crippen LogP contribution in [0.2, 0.25) is 0 Å². The number of benzene rings is 1. The van der Waals surface area contributed by atoms with Gasteiger partial charge in [-0.2, -0.15) is 0 Å². The highest BCUT2D eigenvalue weighted by molar-refractivity contribution is 5.62. The van der Waals surface area contributed by atoms with E-state index in [0.717, 1.165) is 5.82 Å². The van der Waals surface area contributed by atoms with Crippen molar-refractivity contribution < 1.29 is 0 Å². The quantitative estimate of drug-likeness (QED) is 0.810. The van der Waals surface area contributed by atoms with Gasteiger partial charge in [-0.15, -0.1) is 0 Å². The van der Waals surface area contributed by atoms with Crippen molar-refractivity contribution in [3.63, 3.8) is 0 Å². The van der Waals surface area contributed by atoms with Gasteiger partial charge in [0.1, 0.15) is 5.82 Å². The van der Waals surface area contributed by atoms with Crippen LogP contribution in [0.3, 0.4) is 0 Å². The van der Waals surface area contributed by atoms with Crippen LogP contribution in [0.25, 0.3) is 0 Å². The van der Waals surface area contributed by atoms with Crippen molar-refractivity contribution in [2.75, 3.05) is 18.5 Å². The van der Waals surface area contributed by atoms with E-state index in [1.165, 1.54) is 37.1 Å². The minimum absolute atomic E-state index is 0.471. The third kappa shape index (κ3) is 3.40. The molecular formula is C20H27N3. The predicted octanol–water partition coefficient (Wildman–Crippen LogP) is 4.78. The van der Waals surface area contributed by atoms with Crippen molar-refractivity contribution in [3.8, 4) is 0 Å². The second-order valence-electron chi connectivity index (χ2n) is 6.65. The van der Waals surface area contributed by atoms with Crippen molar-refractivity contribution in [1.82, 2.24) is 9.88 Å². The zero-order valence-corrected chi connectivity index (χ0v) is 14.4. The molecule has 0 N–H and O–H groups in total. The molecule has 1 saturated heterocycles. The van der Waals surface area contributed by atoms with Crippen molar-refractivity contribution in [1.29, 1.82) is 0 Å². The van der Waals surface area contributed by atoms with Crippen LogP contribution in [0.4, 0.5) is 11.5 Å². The van der Waals surface area contributed by atoms with Gasteiger partial charge in [0.15, 0.2) is 0 Å². The zero-order chi connectivity index (χ0) is 16.2. The fraction of sp³-hybridized carbons (Fsp3) is 0.450. The summed E-state index contributed by atoms with van der Waals surface area (Å²) < 4.78 is 0. The lowest BCUT2D eigenvalue weighted by atomic mass is 9.94. The Morgan fingerprint density at radius 3 is 2.61 bits per heavy atom. The number of hydrogen-bond acceptors (Lipinski definition) is 3. The number of anilines is 2. The molecule has 3 rings (SSSR count). The Labute approximate surface area is 140 Å². The van der Waals surface area contributed by atoms with Crippen LogP contribution in [0.1, 0.15) is 44.7 Å². The number of aromatic nitrogens is 1. The first-order valence-electron chi connectivity index (χ1n) is 8.68. The maximum Gasteiger partial charge on any atom is 0.137 e. The molecule has 0 radical (unpaired) electrons. The SMILES string of the molecule is CC(C)N1CCCC[C@H]1c1cccnc1N(C)c1ccccc1. The standard InChI is InChI=1S/C20H27N3/c1-16(2)23-15-8-7-13-19(23)18-12-9-14-21-20(18)22(3)17-10-5-4-6-11-17/h4-6,9-12,14,16,19H,7-8,13,15H2,1-3H3/t19-/m0/s1. The number of nitrogens with zero attached hydrogens (tertiary/aromatic N) is 3. The molecule has 1 aromatic heterocycles. The van der Waals surface area contributed by atoms with Crippen LogP contribution in [-0.4, -0.2) is 29.5 Å². The molecule has 0 amide bonds. The zero-order valence-electron chi connectivity index (χ0n) is 14.4. The number of para-hydroxylation sites is 1. The van der Waals surface area contributed by atoms with E-state index < -0.39 is 0 Å². The van der Waals surface area contributed by atoms with Gasteiger partial charge < -0.3 is 4.90 Å². The lowest BCUT2D eigenvalue weighted by Gasteiger charge is -2.40. The summed E-state index contributed by atoms with van der Waals surface area (Å²) in [5, 5.41) is 0. The van der Waals surface area contributed by atoms with Gasteiger partial charge >= 0.3 is 0 Å². The average Bonchev–Trinajstić information content (AvgIpc) is 2.62. The Morgan fingerprint density at radius 1 is 1.09 bits per heavy atom. The minimum atomic E-state index is 0.471. The van der Waals surface area contributed by atoms with E-state index in [0.29, 0.717) is 12.1 Å².